The fourth-order valence-electron chi connectivity index (χ4n) is 1.56. The van der Waals surface area contributed by atoms with E-state index in [1.54, 1.807) is 12.1 Å². The van der Waals surface area contributed by atoms with Crippen LogP contribution in [-0.2, 0) is 0 Å². The number of aromatic nitrogens is 2. The van der Waals surface area contributed by atoms with Crippen molar-refractivity contribution in [2.45, 2.75) is 6.92 Å². The molecule has 0 bridgehead atoms. The molecule has 2 N–H and O–H groups in total. The van der Waals surface area contributed by atoms with Crippen LogP contribution in [0.15, 0.2) is 30.3 Å². The Labute approximate surface area is 93.2 Å². The Hall–Kier alpha value is -2.23. The molecule has 1 aromatic carbocycles. The average Bonchev–Trinajstić information content (AvgIpc) is 2.27. The number of benzene rings is 1. The molecule has 1 aromatic heterocycles. The number of anilines is 1. The number of aldehydes is 1. The van der Waals surface area contributed by atoms with E-state index >= 15 is 0 Å². The molecule has 0 unspecified atom stereocenters. The standard InChI is InChI=1S/C12H11N3O/c1-8-6-11(15-12(13)14-8)10-5-3-2-4-9(10)7-16/h2-7H,1H3,(H2,13,14,15). The van der Waals surface area contributed by atoms with E-state index < -0.39 is 0 Å². The third-order valence-electron chi connectivity index (χ3n) is 2.24. The number of aryl methyl sites for hydroxylation is 1. The van der Waals surface area contributed by atoms with Crippen LogP contribution in [0.2, 0.25) is 0 Å². The van der Waals surface area contributed by atoms with Crippen LogP contribution >= 0.6 is 0 Å². The first-order valence-electron chi connectivity index (χ1n) is 4.86. The van der Waals surface area contributed by atoms with E-state index in [2.05, 4.69) is 9.97 Å². The highest BCUT2D eigenvalue weighted by atomic mass is 16.1. The molecule has 1 heterocycles. The normalized spacial score (nSPS) is 10.1. The highest BCUT2D eigenvalue weighted by Crippen LogP contribution is 2.21. The van der Waals surface area contributed by atoms with Gasteiger partial charge in [-0.2, -0.15) is 0 Å². The number of nitrogens with two attached hydrogens (primary N) is 1. The van der Waals surface area contributed by atoms with Crippen molar-refractivity contribution in [2.24, 2.45) is 0 Å². The van der Waals surface area contributed by atoms with E-state index in [9.17, 15) is 4.79 Å². The molecule has 0 aliphatic carbocycles. The lowest BCUT2D eigenvalue weighted by atomic mass is 10.1. The summed E-state index contributed by atoms with van der Waals surface area (Å²) in [5.74, 6) is 0.218. The van der Waals surface area contributed by atoms with Crippen molar-refractivity contribution in [3.63, 3.8) is 0 Å². The van der Waals surface area contributed by atoms with Crippen LogP contribution in [0.3, 0.4) is 0 Å². The van der Waals surface area contributed by atoms with Crippen molar-refractivity contribution in [3.8, 4) is 11.3 Å². The first-order valence-corrected chi connectivity index (χ1v) is 4.86. The molecule has 0 saturated carbocycles. The largest absolute Gasteiger partial charge is 0.368 e. The zero-order valence-corrected chi connectivity index (χ0v) is 8.84. The molecule has 0 radical (unpaired) electrons. The lowest BCUT2D eigenvalue weighted by Crippen LogP contribution is -1.99. The van der Waals surface area contributed by atoms with Crippen LogP contribution in [0.4, 0.5) is 5.95 Å². The van der Waals surface area contributed by atoms with Crippen molar-refractivity contribution < 1.29 is 4.79 Å². The van der Waals surface area contributed by atoms with Crippen molar-refractivity contribution in [3.05, 3.63) is 41.6 Å². The van der Waals surface area contributed by atoms with Gasteiger partial charge in [-0.3, -0.25) is 4.79 Å². The van der Waals surface area contributed by atoms with E-state index in [1.165, 1.54) is 0 Å². The molecule has 2 rings (SSSR count). The Kier molecular flexibility index (Phi) is 2.64. The molecule has 0 aliphatic rings. The second kappa shape index (κ2) is 4.10. The van der Waals surface area contributed by atoms with E-state index in [1.807, 2.05) is 25.1 Å². The summed E-state index contributed by atoms with van der Waals surface area (Å²) in [7, 11) is 0. The van der Waals surface area contributed by atoms with Crippen molar-refractivity contribution >= 4 is 12.2 Å². The predicted molar refractivity (Wildman–Crippen MR) is 62.0 cm³/mol. The summed E-state index contributed by atoms with van der Waals surface area (Å²) in [5, 5.41) is 0. The van der Waals surface area contributed by atoms with Gasteiger partial charge in [0.1, 0.15) is 0 Å². The molecular weight excluding hydrogens is 202 g/mol. The second-order valence-corrected chi connectivity index (χ2v) is 3.46. The molecule has 0 atom stereocenters. The number of carbonyl (C=O) groups is 1. The van der Waals surface area contributed by atoms with Gasteiger partial charge in [0, 0.05) is 16.8 Å². The zero-order chi connectivity index (χ0) is 11.5. The van der Waals surface area contributed by atoms with Crippen LogP contribution in [0.1, 0.15) is 16.1 Å². The minimum absolute atomic E-state index is 0.218. The quantitative estimate of drug-likeness (QED) is 0.773. The van der Waals surface area contributed by atoms with Gasteiger partial charge in [0.2, 0.25) is 5.95 Å². The third-order valence-corrected chi connectivity index (χ3v) is 2.24. The van der Waals surface area contributed by atoms with Crippen LogP contribution < -0.4 is 5.73 Å². The van der Waals surface area contributed by atoms with Crippen LogP contribution in [0.5, 0.6) is 0 Å². The minimum atomic E-state index is 0.218. The first-order chi connectivity index (χ1) is 7.70. The van der Waals surface area contributed by atoms with Gasteiger partial charge in [0.05, 0.1) is 5.69 Å². The Morgan fingerprint density at radius 3 is 2.69 bits per heavy atom. The predicted octanol–water partition coefficient (Wildman–Crippen LogP) is 1.85. The topological polar surface area (TPSA) is 68.9 Å². The number of nitrogen functional groups attached to an aromatic ring is 1. The van der Waals surface area contributed by atoms with E-state index in [4.69, 9.17) is 5.73 Å². The fraction of sp³-hybridized carbons (Fsp3) is 0.0833. The van der Waals surface area contributed by atoms with Crippen LogP contribution in [0.25, 0.3) is 11.3 Å². The molecule has 0 fully saturated rings. The van der Waals surface area contributed by atoms with Gasteiger partial charge in [0.25, 0.3) is 0 Å². The Bertz CT molecular complexity index is 517. The Morgan fingerprint density at radius 2 is 2.00 bits per heavy atom. The van der Waals surface area contributed by atoms with E-state index in [-0.39, 0.29) is 5.95 Å². The lowest BCUT2D eigenvalue weighted by molar-refractivity contribution is 0.112. The molecule has 4 heteroatoms. The maximum Gasteiger partial charge on any atom is 0.220 e. The molecule has 0 amide bonds. The van der Waals surface area contributed by atoms with Gasteiger partial charge in [-0.25, -0.2) is 9.97 Å². The third kappa shape index (κ3) is 1.91. The van der Waals surface area contributed by atoms with Gasteiger partial charge in [0.15, 0.2) is 6.29 Å². The van der Waals surface area contributed by atoms with Gasteiger partial charge >= 0.3 is 0 Å². The average molecular weight is 213 g/mol. The fourth-order valence-corrected chi connectivity index (χ4v) is 1.56. The summed E-state index contributed by atoms with van der Waals surface area (Å²) in [6.07, 6.45) is 0.808. The van der Waals surface area contributed by atoms with Crippen LogP contribution in [0, 0.1) is 6.92 Å². The molecule has 0 saturated heterocycles. The first kappa shape index (κ1) is 10.3. The summed E-state index contributed by atoms with van der Waals surface area (Å²) >= 11 is 0. The van der Waals surface area contributed by atoms with Gasteiger partial charge in [-0.1, -0.05) is 24.3 Å². The summed E-state index contributed by atoms with van der Waals surface area (Å²) in [6, 6.07) is 9.06. The SMILES string of the molecule is Cc1cc(-c2ccccc2C=O)nc(N)n1. The van der Waals surface area contributed by atoms with E-state index in [0.29, 0.717) is 11.3 Å². The summed E-state index contributed by atoms with van der Waals surface area (Å²) in [6.45, 7) is 1.84. The second-order valence-electron chi connectivity index (χ2n) is 3.46. The smallest absolute Gasteiger partial charge is 0.220 e. The maximum atomic E-state index is 10.9. The number of nitrogens with zero attached hydrogens (tertiary/aromatic N) is 2. The van der Waals surface area contributed by atoms with Crippen molar-refractivity contribution in [1.29, 1.82) is 0 Å². The monoisotopic (exact) mass is 213 g/mol. The van der Waals surface area contributed by atoms with Crippen molar-refractivity contribution in [1.82, 2.24) is 9.97 Å². The Morgan fingerprint density at radius 1 is 1.25 bits per heavy atom. The highest BCUT2D eigenvalue weighted by Gasteiger charge is 2.06. The summed E-state index contributed by atoms with van der Waals surface area (Å²) in [5.41, 5.74) is 8.40. The maximum absolute atomic E-state index is 10.9. The number of hydrogen-bond acceptors (Lipinski definition) is 4. The van der Waals surface area contributed by atoms with Gasteiger partial charge in [-0.15, -0.1) is 0 Å². The molecule has 4 nitrogen and oxygen atoms in total. The van der Waals surface area contributed by atoms with Gasteiger partial charge < -0.3 is 5.73 Å². The number of carbonyl (C=O) groups excluding carboxylic acids is 1. The van der Waals surface area contributed by atoms with Crippen molar-refractivity contribution in [2.75, 3.05) is 5.73 Å². The molecule has 80 valence electrons. The molecule has 16 heavy (non-hydrogen) atoms. The summed E-state index contributed by atoms with van der Waals surface area (Å²) in [4.78, 5) is 19.0. The van der Waals surface area contributed by atoms with Gasteiger partial charge in [-0.05, 0) is 13.0 Å². The zero-order valence-electron chi connectivity index (χ0n) is 8.84. The molecule has 0 aliphatic heterocycles. The molecular formula is C12H11N3O. The molecule has 2 aromatic rings. The Balaban J connectivity index is 2.62. The number of hydrogen-bond donors (Lipinski definition) is 1. The van der Waals surface area contributed by atoms with Crippen LogP contribution in [-0.4, -0.2) is 16.3 Å². The highest BCUT2D eigenvalue weighted by molar-refractivity contribution is 5.86. The minimum Gasteiger partial charge on any atom is -0.368 e. The summed E-state index contributed by atoms with van der Waals surface area (Å²) < 4.78 is 0. The lowest BCUT2D eigenvalue weighted by Gasteiger charge is -2.05. The molecule has 0 spiro atoms. The number of rotatable bonds is 2. The van der Waals surface area contributed by atoms with E-state index in [0.717, 1.165) is 17.5 Å².